The Kier molecular flexibility index (Phi) is 4.30. The highest BCUT2D eigenvalue weighted by molar-refractivity contribution is 7.93. The van der Waals surface area contributed by atoms with Crippen LogP contribution in [0, 0.1) is 13.8 Å². The molecule has 7 nitrogen and oxygen atoms in total. The van der Waals surface area contributed by atoms with Crippen molar-refractivity contribution in [2.75, 3.05) is 4.72 Å². The molecule has 1 fully saturated rings. The van der Waals surface area contributed by atoms with Crippen molar-refractivity contribution in [1.82, 2.24) is 15.2 Å². The molecule has 2 aromatic heterocycles. The lowest BCUT2D eigenvalue weighted by molar-refractivity contribution is 0.507. The number of anilines is 1. The van der Waals surface area contributed by atoms with Crippen LogP contribution in [0.2, 0.25) is 0 Å². The van der Waals surface area contributed by atoms with Crippen molar-refractivity contribution in [1.29, 1.82) is 0 Å². The first-order valence-corrected chi connectivity index (χ1v) is 10.5. The van der Waals surface area contributed by atoms with Gasteiger partial charge in [0.2, 0.25) is 5.89 Å². The lowest BCUT2D eigenvalue weighted by atomic mass is 10.1. The second kappa shape index (κ2) is 6.53. The van der Waals surface area contributed by atoms with Gasteiger partial charge >= 0.3 is 0 Å². The minimum atomic E-state index is -3.84. The van der Waals surface area contributed by atoms with Crippen molar-refractivity contribution >= 4 is 15.7 Å². The van der Waals surface area contributed by atoms with Crippen LogP contribution in [-0.2, 0) is 16.4 Å². The zero-order valence-electron chi connectivity index (χ0n) is 15.5. The third kappa shape index (κ3) is 3.25. The van der Waals surface area contributed by atoms with E-state index < -0.39 is 10.0 Å². The number of hydrogen-bond donors (Lipinski definition) is 2. The Morgan fingerprint density at radius 2 is 1.93 bits per heavy atom. The van der Waals surface area contributed by atoms with Gasteiger partial charge < -0.3 is 9.40 Å². The first kappa shape index (κ1) is 17.8. The molecule has 2 heterocycles. The van der Waals surface area contributed by atoms with Crippen LogP contribution in [-0.4, -0.2) is 23.6 Å². The minimum Gasteiger partial charge on any atom is -0.420 e. The number of nitrogens with zero attached hydrogens (tertiary/aromatic N) is 2. The molecule has 0 amide bonds. The second-order valence-corrected chi connectivity index (χ2v) is 8.53. The third-order valence-electron chi connectivity index (χ3n) is 4.81. The fourth-order valence-electron chi connectivity index (χ4n) is 3.31. The zero-order chi connectivity index (χ0) is 19.2. The number of aromatic nitrogens is 3. The molecule has 1 saturated carbocycles. The van der Waals surface area contributed by atoms with Gasteiger partial charge in [0.1, 0.15) is 4.90 Å². The molecule has 0 aliphatic heterocycles. The summed E-state index contributed by atoms with van der Waals surface area (Å²) < 4.78 is 35.0. The topological polar surface area (TPSA) is 101 Å². The van der Waals surface area contributed by atoms with Gasteiger partial charge in [0.15, 0.2) is 0 Å². The first-order valence-electron chi connectivity index (χ1n) is 9.04. The van der Waals surface area contributed by atoms with E-state index in [2.05, 4.69) is 19.9 Å². The van der Waals surface area contributed by atoms with Crippen molar-refractivity contribution < 1.29 is 12.8 Å². The fraction of sp³-hybridized carbons (Fsp3) is 0.368. The largest absolute Gasteiger partial charge is 0.420 e. The summed E-state index contributed by atoms with van der Waals surface area (Å²) in [5.74, 6) is 1.12. The Balaban J connectivity index is 1.78. The molecular formula is C19H22N4O3S. The fourth-order valence-corrected chi connectivity index (χ4v) is 4.86. The Morgan fingerprint density at radius 3 is 2.63 bits per heavy atom. The van der Waals surface area contributed by atoms with Crippen LogP contribution in [0.5, 0.6) is 0 Å². The Bertz CT molecular complexity index is 1090. The average molecular weight is 386 g/mol. The number of rotatable bonds is 6. The maximum atomic E-state index is 13.2. The molecule has 0 saturated heterocycles. The van der Waals surface area contributed by atoms with Crippen molar-refractivity contribution in [2.24, 2.45) is 0 Å². The van der Waals surface area contributed by atoms with Gasteiger partial charge in [0, 0.05) is 17.3 Å². The highest BCUT2D eigenvalue weighted by Gasteiger charge is 2.33. The summed E-state index contributed by atoms with van der Waals surface area (Å²) in [6, 6.07) is 7.38. The summed E-state index contributed by atoms with van der Waals surface area (Å²) >= 11 is 0. The molecule has 1 aromatic carbocycles. The van der Waals surface area contributed by atoms with Crippen LogP contribution in [0.15, 0.2) is 33.6 Å². The molecule has 4 rings (SSSR count). The highest BCUT2D eigenvalue weighted by Crippen LogP contribution is 2.41. The standard InChI is InChI=1S/C19H22N4O3S/c1-4-13-7-5-6-8-15(13)23-27(24,25)17-12(3)20-11(2)16(17)19-22-21-18(26-19)14-9-10-14/h5-8,14,20,23H,4,9-10H2,1-3H3. The molecule has 8 heteroatoms. The number of benzene rings is 1. The average Bonchev–Trinajstić information content (AvgIpc) is 3.28. The Hall–Kier alpha value is -2.61. The van der Waals surface area contributed by atoms with Crippen LogP contribution in [0.4, 0.5) is 5.69 Å². The number of aryl methyl sites for hydroxylation is 3. The Morgan fingerprint density at radius 1 is 1.19 bits per heavy atom. The summed E-state index contributed by atoms with van der Waals surface area (Å²) in [5, 5.41) is 8.20. The van der Waals surface area contributed by atoms with Crippen molar-refractivity contribution in [3.63, 3.8) is 0 Å². The van der Waals surface area contributed by atoms with E-state index in [0.717, 1.165) is 24.8 Å². The van der Waals surface area contributed by atoms with E-state index in [4.69, 9.17) is 4.42 Å². The smallest absolute Gasteiger partial charge is 0.264 e. The van der Waals surface area contributed by atoms with Gasteiger partial charge in [-0.1, -0.05) is 25.1 Å². The lowest BCUT2D eigenvalue weighted by Gasteiger charge is -2.12. The molecular weight excluding hydrogens is 364 g/mol. The van der Waals surface area contributed by atoms with E-state index in [1.165, 1.54) is 0 Å². The zero-order valence-corrected chi connectivity index (χ0v) is 16.4. The number of para-hydroxylation sites is 1. The summed E-state index contributed by atoms with van der Waals surface area (Å²) in [4.78, 5) is 3.25. The predicted octanol–water partition coefficient (Wildman–Crippen LogP) is 3.92. The third-order valence-corrected chi connectivity index (χ3v) is 6.35. The maximum Gasteiger partial charge on any atom is 0.264 e. The van der Waals surface area contributed by atoms with Gasteiger partial charge in [0.25, 0.3) is 15.9 Å². The van der Waals surface area contributed by atoms with Crippen molar-refractivity contribution in [3.8, 4) is 11.5 Å². The number of sulfonamides is 1. The molecule has 142 valence electrons. The van der Waals surface area contributed by atoms with Gasteiger partial charge in [-0.25, -0.2) is 8.42 Å². The van der Waals surface area contributed by atoms with Crippen LogP contribution < -0.4 is 4.72 Å². The summed E-state index contributed by atoms with van der Waals surface area (Å²) in [6.45, 7) is 5.53. The van der Waals surface area contributed by atoms with Gasteiger partial charge in [-0.2, -0.15) is 0 Å². The number of hydrogen-bond acceptors (Lipinski definition) is 5. The normalized spacial score (nSPS) is 14.5. The summed E-state index contributed by atoms with van der Waals surface area (Å²) in [7, 11) is -3.84. The molecule has 0 atom stereocenters. The molecule has 27 heavy (non-hydrogen) atoms. The van der Waals surface area contributed by atoms with Gasteiger partial charge in [-0.3, -0.25) is 4.72 Å². The van der Waals surface area contributed by atoms with E-state index in [-0.39, 0.29) is 10.8 Å². The lowest BCUT2D eigenvalue weighted by Crippen LogP contribution is -2.15. The molecule has 1 aliphatic rings. The maximum absolute atomic E-state index is 13.2. The van der Waals surface area contributed by atoms with Crippen molar-refractivity contribution in [3.05, 3.63) is 47.1 Å². The van der Waals surface area contributed by atoms with Crippen LogP contribution >= 0.6 is 0 Å². The van der Waals surface area contributed by atoms with Crippen LogP contribution in [0.3, 0.4) is 0 Å². The quantitative estimate of drug-likeness (QED) is 0.669. The number of aromatic amines is 1. The summed E-state index contributed by atoms with van der Waals surface area (Å²) in [5.41, 5.74) is 3.17. The number of nitrogens with one attached hydrogen (secondary N) is 2. The van der Waals surface area contributed by atoms with E-state index in [9.17, 15) is 8.42 Å². The summed E-state index contributed by atoms with van der Waals surface area (Å²) in [6.07, 6.45) is 2.80. The molecule has 0 radical (unpaired) electrons. The van der Waals surface area contributed by atoms with Gasteiger partial charge in [0.05, 0.1) is 11.3 Å². The minimum absolute atomic E-state index is 0.150. The van der Waals surface area contributed by atoms with Gasteiger partial charge in [-0.05, 0) is 44.7 Å². The first-order chi connectivity index (χ1) is 12.9. The molecule has 1 aliphatic carbocycles. The molecule has 0 bridgehead atoms. The number of H-pyrrole nitrogens is 1. The second-order valence-electron chi connectivity index (χ2n) is 6.92. The van der Waals surface area contributed by atoms with Crippen LogP contribution in [0.1, 0.15) is 48.5 Å². The predicted molar refractivity (Wildman–Crippen MR) is 102 cm³/mol. The molecule has 0 spiro atoms. The van der Waals surface area contributed by atoms with E-state index in [0.29, 0.717) is 34.4 Å². The van der Waals surface area contributed by atoms with E-state index >= 15 is 0 Å². The molecule has 0 unspecified atom stereocenters. The van der Waals surface area contributed by atoms with E-state index in [1.807, 2.05) is 32.0 Å². The van der Waals surface area contributed by atoms with Crippen LogP contribution in [0.25, 0.3) is 11.5 Å². The monoisotopic (exact) mass is 386 g/mol. The van der Waals surface area contributed by atoms with Crippen molar-refractivity contribution in [2.45, 2.75) is 50.8 Å². The SMILES string of the molecule is CCc1ccccc1NS(=O)(=O)c1c(C)[nH]c(C)c1-c1nnc(C2CC2)o1. The molecule has 2 N–H and O–H groups in total. The highest BCUT2D eigenvalue weighted by atomic mass is 32.2. The molecule has 3 aromatic rings. The van der Waals surface area contributed by atoms with Gasteiger partial charge in [-0.15, -0.1) is 10.2 Å². The Labute approximate surface area is 158 Å². The van der Waals surface area contributed by atoms with E-state index in [1.54, 1.807) is 13.0 Å².